The van der Waals surface area contributed by atoms with Gasteiger partial charge in [-0.1, -0.05) is 24.3 Å². The van der Waals surface area contributed by atoms with Crippen molar-refractivity contribution in [2.45, 2.75) is 22.1 Å². The Bertz CT molecular complexity index is 888. The Labute approximate surface area is 161 Å². The van der Waals surface area contributed by atoms with Gasteiger partial charge in [-0.3, -0.25) is 9.69 Å². The molecule has 2 rings (SSSR count). The van der Waals surface area contributed by atoms with Crippen molar-refractivity contribution >= 4 is 33.2 Å². The molecule has 0 radical (unpaired) electrons. The summed E-state index contributed by atoms with van der Waals surface area (Å²) in [6, 6.07) is 12.7. The molecule has 0 heterocycles. The molecule has 27 heavy (non-hydrogen) atoms. The monoisotopic (exact) mass is 414 g/mol. The molecule has 0 fully saturated rings. The maximum absolute atomic E-state index is 12.5. The van der Waals surface area contributed by atoms with Crippen molar-refractivity contribution in [2.24, 2.45) is 0 Å². The van der Waals surface area contributed by atoms with Gasteiger partial charge in [0.05, 0.1) is 17.1 Å². The van der Waals surface area contributed by atoms with Gasteiger partial charge >= 0.3 is 5.76 Å². The SMILES string of the molecule is CSc1ccccc1NC(=O)CN(C)Cc1ccc(S(=O)(=O)C(F)F)cc1. The summed E-state index contributed by atoms with van der Waals surface area (Å²) in [6.45, 7) is 0.492. The first-order valence-electron chi connectivity index (χ1n) is 7.96. The number of amides is 1. The number of nitrogens with one attached hydrogen (secondary N) is 1. The fourth-order valence-corrected chi connectivity index (χ4v) is 3.71. The molecule has 0 saturated carbocycles. The Hall–Kier alpha value is -1.97. The molecule has 1 amide bonds. The molecule has 0 aliphatic heterocycles. The van der Waals surface area contributed by atoms with Crippen LogP contribution in [0.3, 0.4) is 0 Å². The van der Waals surface area contributed by atoms with E-state index in [1.165, 1.54) is 23.9 Å². The molecule has 1 N–H and O–H groups in total. The molecule has 5 nitrogen and oxygen atoms in total. The third-order valence-electron chi connectivity index (χ3n) is 3.73. The smallest absolute Gasteiger partial charge is 0.324 e. The van der Waals surface area contributed by atoms with Crippen LogP contribution in [0.25, 0.3) is 0 Å². The molecule has 0 saturated heterocycles. The fourth-order valence-electron chi connectivity index (χ4n) is 2.44. The van der Waals surface area contributed by atoms with Crippen molar-refractivity contribution < 1.29 is 22.0 Å². The van der Waals surface area contributed by atoms with Crippen molar-refractivity contribution in [2.75, 3.05) is 25.2 Å². The summed E-state index contributed by atoms with van der Waals surface area (Å²) in [5.41, 5.74) is 1.45. The second kappa shape index (κ2) is 9.29. The van der Waals surface area contributed by atoms with Crippen LogP contribution in [0, 0.1) is 0 Å². The number of carbonyl (C=O) groups excluding carboxylic acids is 1. The lowest BCUT2D eigenvalue weighted by atomic mass is 10.2. The van der Waals surface area contributed by atoms with Crippen molar-refractivity contribution in [1.82, 2.24) is 4.90 Å². The standard InChI is InChI=1S/C18H20F2N2O3S2/c1-22(12-17(23)21-15-5-3-4-6-16(15)26-2)11-13-7-9-14(10-8-13)27(24,25)18(19)20/h3-10,18H,11-12H2,1-2H3,(H,21,23). The zero-order valence-corrected chi connectivity index (χ0v) is 16.5. The number of benzene rings is 2. The maximum atomic E-state index is 12.5. The van der Waals surface area contributed by atoms with Crippen molar-refractivity contribution in [3.63, 3.8) is 0 Å². The Balaban J connectivity index is 1.95. The van der Waals surface area contributed by atoms with Crippen LogP contribution in [-0.4, -0.2) is 44.8 Å². The number of likely N-dealkylation sites (N-methyl/N-ethyl adjacent to an activating group) is 1. The van der Waals surface area contributed by atoms with E-state index < -0.39 is 20.5 Å². The lowest BCUT2D eigenvalue weighted by molar-refractivity contribution is -0.117. The first-order chi connectivity index (χ1) is 12.7. The maximum Gasteiger partial charge on any atom is 0.341 e. The summed E-state index contributed by atoms with van der Waals surface area (Å²) in [5, 5.41) is 2.86. The topological polar surface area (TPSA) is 66.5 Å². The van der Waals surface area contributed by atoms with E-state index >= 15 is 0 Å². The van der Waals surface area contributed by atoms with Crippen LogP contribution in [0.5, 0.6) is 0 Å². The number of anilines is 1. The molecule has 0 aliphatic rings. The summed E-state index contributed by atoms with van der Waals surface area (Å²) in [7, 11) is -2.86. The summed E-state index contributed by atoms with van der Waals surface area (Å²) in [5.74, 6) is -3.63. The van der Waals surface area contributed by atoms with Gasteiger partial charge in [0, 0.05) is 11.4 Å². The molecule has 0 spiro atoms. The van der Waals surface area contributed by atoms with E-state index in [-0.39, 0.29) is 12.5 Å². The molecular weight excluding hydrogens is 394 g/mol. The molecule has 9 heteroatoms. The van der Waals surface area contributed by atoms with Gasteiger partial charge in [-0.25, -0.2) is 8.42 Å². The zero-order chi connectivity index (χ0) is 20.0. The summed E-state index contributed by atoms with van der Waals surface area (Å²) < 4.78 is 47.9. The van der Waals surface area contributed by atoms with E-state index in [1.807, 2.05) is 30.5 Å². The average Bonchev–Trinajstić information content (AvgIpc) is 2.62. The predicted molar refractivity (Wildman–Crippen MR) is 103 cm³/mol. The lowest BCUT2D eigenvalue weighted by Gasteiger charge is -2.17. The number of sulfone groups is 1. The predicted octanol–water partition coefficient (Wildman–Crippen LogP) is 3.48. The van der Waals surface area contributed by atoms with E-state index in [0.29, 0.717) is 12.1 Å². The third-order valence-corrected chi connectivity index (χ3v) is 5.93. The molecule has 0 aromatic heterocycles. The van der Waals surface area contributed by atoms with E-state index in [9.17, 15) is 22.0 Å². The van der Waals surface area contributed by atoms with E-state index in [4.69, 9.17) is 0 Å². The second-order valence-corrected chi connectivity index (χ2v) is 8.64. The van der Waals surface area contributed by atoms with Crippen molar-refractivity contribution in [3.05, 3.63) is 54.1 Å². The summed E-state index contributed by atoms with van der Waals surface area (Å²) >= 11 is 1.53. The van der Waals surface area contributed by atoms with Gasteiger partial charge in [-0.05, 0) is 43.1 Å². The summed E-state index contributed by atoms with van der Waals surface area (Å²) in [4.78, 5) is 14.5. The minimum Gasteiger partial charge on any atom is -0.324 e. The highest BCUT2D eigenvalue weighted by Gasteiger charge is 2.26. The van der Waals surface area contributed by atoms with Crippen LogP contribution in [0.4, 0.5) is 14.5 Å². The van der Waals surface area contributed by atoms with Crippen LogP contribution >= 0.6 is 11.8 Å². The van der Waals surface area contributed by atoms with Crippen LogP contribution in [0.15, 0.2) is 58.3 Å². The van der Waals surface area contributed by atoms with Crippen molar-refractivity contribution in [3.8, 4) is 0 Å². The van der Waals surface area contributed by atoms with Gasteiger partial charge in [0.1, 0.15) is 0 Å². The Morgan fingerprint density at radius 2 is 1.78 bits per heavy atom. The van der Waals surface area contributed by atoms with Crippen LogP contribution in [0.1, 0.15) is 5.56 Å². The normalized spacial score (nSPS) is 11.8. The minimum atomic E-state index is -4.60. The molecule has 0 bridgehead atoms. The van der Waals surface area contributed by atoms with Gasteiger partial charge in [-0.2, -0.15) is 8.78 Å². The van der Waals surface area contributed by atoms with Gasteiger partial charge in [0.15, 0.2) is 0 Å². The number of carbonyl (C=O) groups is 1. The number of hydrogen-bond acceptors (Lipinski definition) is 5. The van der Waals surface area contributed by atoms with Crippen LogP contribution < -0.4 is 5.32 Å². The average molecular weight is 414 g/mol. The molecule has 2 aromatic rings. The highest BCUT2D eigenvalue weighted by Crippen LogP contribution is 2.24. The number of para-hydroxylation sites is 1. The minimum absolute atomic E-state index is 0.125. The largest absolute Gasteiger partial charge is 0.341 e. The van der Waals surface area contributed by atoms with Gasteiger partial charge in [0.25, 0.3) is 0 Å². The Kier molecular flexibility index (Phi) is 7.34. The first-order valence-corrected chi connectivity index (χ1v) is 10.7. The number of alkyl halides is 2. The number of hydrogen-bond donors (Lipinski definition) is 1. The van der Waals surface area contributed by atoms with E-state index in [2.05, 4.69) is 5.32 Å². The number of halogens is 2. The van der Waals surface area contributed by atoms with Crippen molar-refractivity contribution in [1.29, 1.82) is 0 Å². The molecule has 146 valence electrons. The third kappa shape index (κ3) is 5.75. The van der Waals surface area contributed by atoms with Gasteiger partial charge < -0.3 is 5.32 Å². The van der Waals surface area contributed by atoms with Crippen LogP contribution in [-0.2, 0) is 21.2 Å². The van der Waals surface area contributed by atoms with E-state index in [0.717, 1.165) is 22.7 Å². The van der Waals surface area contributed by atoms with Gasteiger partial charge in [-0.15, -0.1) is 11.8 Å². The van der Waals surface area contributed by atoms with Crippen LogP contribution in [0.2, 0.25) is 0 Å². The zero-order valence-electron chi connectivity index (χ0n) is 14.9. The molecule has 0 unspecified atom stereocenters. The second-order valence-electron chi connectivity index (χ2n) is 5.87. The molecule has 0 atom stereocenters. The quantitative estimate of drug-likeness (QED) is 0.670. The number of rotatable bonds is 8. The molecule has 2 aromatic carbocycles. The number of thioether (sulfide) groups is 1. The molecule has 0 aliphatic carbocycles. The highest BCUT2D eigenvalue weighted by molar-refractivity contribution is 7.98. The molecular formula is C18H20F2N2O3S2. The number of nitrogens with zero attached hydrogens (tertiary/aromatic N) is 1. The summed E-state index contributed by atoms with van der Waals surface area (Å²) in [6.07, 6.45) is 1.93. The Morgan fingerprint density at radius 3 is 2.37 bits per heavy atom. The fraction of sp³-hybridized carbons (Fsp3) is 0.278. The van der Waals surface area contributed by atoms with E-state index in [1.54, 1.807) is 11.9 Å². The first kappa shape index (κ1) is 21.3. The highest BCUT2D eigenvalue weighted by atomic mass is 32.2. The lowest BCUT2D eigenvalue weighted by Crippen LogP contribution is -2.30. The Morgan fingerprint density at radius 1 is 1.15 bits per heavy atom. The van der Waals surface area contributed by atoms with Gasteiger partial charge in [0.2, 0.25) is 15.7 Å².